The molecule has 0 saturated heterocycles. The highest BCUT2D eigenvalue weighted by Crippen LogP contribution is 2.13. The van der Waals surface area contributed by atoms with Crippen LogP contribution in [-0.4, -0.2) is 18.7 Å². The number of rotatable bonds is 8. The van der Waals surface area contributed by atoms with Crippen LogP contribution in [0.4, 0.5) is 0 Å². The molecular formula is C16H24O3. The molecule has 0 aromatic heterocycles. The Bertz CT molecular complexity index is 362. The van der Waals surface area contributed by atoms with Crippen LogP contribution in [0, 0.1) is 5.92 Å². The Morgan fingerprint density at radius 3 is 2.53 bits per heavy atom. The van der Waals surface area contributed by atoms with E-state index in [9.17, 15) is 4.79 Å². The van der Waals surface area contributed by atoms with Crippen molar-refractivity contribution < 1.29 is 14.3 Å². The van der Waals surface area contributed by atoms with Gasteiger partial charge in [0.05, 0.1) is 25.2 Å². The molecular weight excluding hydrogens is 240 g/mol. The molecule has 0 saturated carbocycles. The molecule has 0 heterocycles. The fraction of sp³-hybridized carbons (Fsp3) is 0.562. The molecule has 0 bridgehead atoms. The largest absolute Gasteiger partial charge is 0.465 e. The van der Waals surface area contributed by atoms with Crippen LogP contribution in [0.1, 0.15) is 39.2 Å². The first-order chi connectivity index (χ1) is 9.13. The van der Waals surface area contributed by atoms with Gasteiger partial charge in [-0.2, -0.15) is 0 Å². The number of benzene rings is 1. The van der Waals surface area contributed by atoms with Crippen LogP contribution >= 0.6 is 0 Å². The van der Waals surface area contributed by atoms with Gasteiger partial charge in [-0.3, -0.25) is 4.79 Å². The molecule has 1 aromatic rings. The number of carbonyl (C=O) groups is 1. The van der Waals surface area contributed by atoms with Crippen molar-refractivity contribution in [2.24, 2.45) is 5.92 Å². The molecule has 0 aliphatic rings. The zero-order chi connectivity index (χ0) is 14.1. The first-order valence-corrected chi connectivity index (χ1v) is 6.95. The van der Waals surface area contributed by atoms with Crippen LogP contribution in [-0.2, 0) is 20.9 Å². The summed E-state index contributed by atoms with van der Waals surface area (Å²) in [6.45, 7) is 6.96. The third kappa shape index (κ3) is 6.39. The van der Waals surface area contributed by atoms with Crippen molar-refractivity contribution in [3.8, 4) is 0 Å². The van der Waals surface area contributed by atoms with Gasteiger partial charge in [0.2, 0.25) is 0 Å². The fourth-order valence-electron chi connectivity index (χ4n) is 1.82. The van der Waals surface area contributed by atoms with Gasteiger partial charge in [-0.05, 0) is 25.3 Å². The van der Waals surface area contributed by atoms with E-state index in [4.69, 9.17) is 9.47 Å². The predicted octanol–water partition coefficient (Wildman–Crippen LogP) is 3.57. The number of esters is 1. The molecule has 2 atom stereocenters. The topological polar surface area (TPSA) is 35.5 Å². The second-order valence-corrected chi connectivity index (χ2v) is 4.91. The lowest BCUT2D eigenvalue weighted by Gasteiger charge is -2.17. The number of carbonyl (C=O) groups excluding carboxylic acids is 1. The minimum Gasteiger partial charge on any atom is -0.465 e. The van der Waals surface area contributed by atoms with E-state index in [1.165, 1.54) is 0 Å². The van der Waals surface area contributed by atoms with Crippen molar-refractivity contribution in [3.63, 3.8) is 0 Å². The average Bonchev–Trinajstić information content (AvgIpc) is 2.43. The molecule has 3 heteroatoms. The van der Waals surface area contributed by atoms with Crippen LogP contribution < -0.4 is 0 Å². The fourth-order valence-corrected chi connectivity index (χ4v) is 1.82. The van der Waals surface area contributed by atoms with E-state index in [1.54, 1.807) is 0 Å². The van der Waals surface area contributed by atoms with E-state index in [0.29, 0.717) is 19.6 Å². The van der Waals surface area contributed by atoms with E-state index >= 15 is 0 Å². The second-order valence-electron chi connectivity index (χ2n) is 4.91. The summed E-state index contributed by atoms with van der Waals surface area (Å²) < 4.78 is 10.9. The Morgan fingerprint density at radius 1 is 1.21 bits per heavy atom. The normalized spacial score (nSPS) is 13.8. The molecule has 0 radical (unpaired) electrons. The van der Waals surface area contributed by atoms with Gasteiger partial charge in [0.15, 0.2) is 0 Å². The molecule has 2 unspecified atom stereocenters. The standard InChI is InChI=1S/C16H24O3/c1-4-10-18-16(17)13(2)11-14(3)19-12-15-8-6-5-7-9-15/h5-9,13-14H,4,10-12H2,1-3H3. The zero-order valence-electron chi connectivity index (χ0n) is 12.1. The first-order valence-electron chi connectivity index (χ1n) is 6.95. The average molecular weight is 264 g/mol. The summed E-state index contributed by atoms with van der Waals surface area (Å²) in [5.74, 6) is -0.241. The Morgan fingerprint density at radius 2 is 1.89 bits per heavy atom. The lowest BCUT2D eigenvalue weighted by atomic mass is 10.0. The smallest absolute Gasteiger partial charge is 0.308 e. The van der Waals surface area contributed by atoms with Crippen LogP contribution in [0.2, 0.25) is 0 Å². The van der Waals surface area contributed by atoms with Gasteiger partial charge in [0, 0.05) is 0 Å². The third-order valence-corrected chi connectivity index (χ3v) is 2.91. The maximum Gasteiger partial charge on any atom is 0.308 e. The van der Waals surface area contributed by atoms with Gasteiger partial charge in [-0.1, -0.05) is 44.2 Å². The highest BCUT2D eigenvalue weighted by atomic mass is 16.5. The minimum atomic E-state index is -0.128. The molecule has 0 aliphatic heterocycles. The number of hydrogen-bond acceptors (Lipinski definition) is 3. The van der Waals surface area contributed by atoms with Gasteiger partial charge < -0.3 is 9.47 Å². The molecule has 1 rings (SSSR count). The van der Waals surface area contributed by atoms with Gasteiger partial charge in [-0.25, -0.2) is 0 Å². The molecule has 1 aromatic carbocycles. The number of ether oxygens (including phenoxy) is 2. The molecule has 19 heavy (non-hydrogen) atoms. The van der Waals surface area contributed by atoms with E-state index in [-0.39, 0.29) is 18.0 Å². The van der Waals surface area contributed by atoms with Gasteiger partial charge >= 0.3 is 5.97 Å². The maximum atomic E-state index is 11.6. The monoisotopic (exact) mass is 264 g/mol. The zero-order valence-corrected chi connectivity index (χ0v) is 12.1. The number of hydrogen-bond donors (Lipinski definition) is 0. The lowest BCUT2D eigenvalue weighted by molar-refractivity contribution is -0.149. The summed E-state index contributed by atoms with van der Waals surface area (Å²) >= 11 is 0. The van der Waals surface area contributed by atoms with Crippen molar-refractivity contribution in [3.05, 3.63) is 35.9 Å². The molecule has 0 spiro atoms. The molecule has 0 aliphatic carbocycles. The molecule has 0 N–H and O–H groups in total. The van der Waals surface area contributed by atoms with Crippen molar-refractivity contribution >= 4 is 5.97 Å². The van der Waals surface area contributed by atoms with E-state index in [0.717, 1.165) is 12.0 Å². The second kappa shape index (κ2) is 8.70. The van der Waals surface area contributed by atoms with Gasteiger partial charge in [-0.15, -0.1) is 0 Å². The molecule has 0 amide bonds. The van der Waals surface area contributed by atoms with Crippen LogP contribution in [0.3, 0.4) is 0 Å². The van der Waals surface area contributed by atoms with Crippen molar-refractivity contribution in [1.29, 1.82) is 0 Å². The summed E-state index contributed by atoms with van der Waals surface area (Å²) in [6, 6.07) is 10.0. The quantitative estimate of drug-likeness (QED) is 0.673. The summed E-state index contributed by atoms with van der Waals surface area (Å²) in [5.41, 5.74) is 1.15. The maximum absolute atomic E-state index is 11.6. The Balaban J connectivity index is 2.26. The van der Waals surface area contributed by atoms with Crippen molar-refractivity contribution in [2.45, 2.75) is 46.3 Å². The summed E-state index contributed by atoms with van der Waals surface area (Å²) in [4.78, 5) is 11.6. The lowest BCUT2D eigenvalue weighted by Crippen LogP contribution is -2.21. The Kier molecular flexibility index (Phi) is 7.19. The highest BCUT2D eigenvalue weighted by molar-refractivity contribution is 5.71. The predicted molar refractivity (Wildman–Crippen MR) is 75.7 cm³/mol. The third-order valence-electron chi connectivity index (χ3n) is 2.91. The summed E-state index contributed by atoms with van der Waals surface area (Å²) in [7, 11) is 0. The summed E-state index contributed by atoms with van der Waals surface area (Å²) in [6.07, 6.45) is 1.60. The van der Waals surface area contributed by atoms with Gasteiger partial charge in [0.1, 0.15) is 0 Å². The van der Waals surface area contributed by atoms with Crippen LogP contribution in [0.5, 0.6) is 0 Å². The van der Waals surface area contributed by atoms with E-state index in [2.05, 4.69) is 0 Å². The van der Waals surface area contributed by atoms with Gasteiger partial charge in [0.25, 0.3) is 0 Å². The molecule has 106 valence electrons. The van der Waals surface area contributed by atoms with Crippen molar-refractivity contribution in [1.82, 2.24) is 0 Å². The van der Waals surface area contributed by atoms with E-state index < -0.39 is 0 Å². The van der Waals surface area contributed by atoms with E-state index in [1.807, 2.05) is 51.1 Å². The van der Waals surface area contributed by atoms with Crippen LogP contribution in [0.25, 0.3) is 0 Å². The Hall–Kier alpha value is -1.35. The Labute approximate surface area is 115 Å². The first kappa shape index (κ1) is 15.7. The summed E-state index contributed by atoms with van der Waals surface area (Å²) in [5, 5.41) is 0. The highest BCUT2D eigenvalue weighted by Gasteiger charge is 2.17. The minimum absolute atomic E-state index is 0.0457. The van der Waals surface area contributed by atoms with Crippen molar-refractivity contribution in [2.75, 3.05) is 6.61 Å². The van der Waals surface area contributed by atoms with Crippen LogP contribution in [0.15, 0.2) is 30.3 Å². The molecule has 0 fully saturated rings. The molecule has 3 nitrogen and oxygen atoms in total. The SMILES string of the molecule is CCCOC(=O)C(C)CC(C)OCc1ccccc1.